The summed E-state index contributed by atoms with van der Waals surface area (Å²) in [7, 11) is 0. The van der Waals surface area contributed by atoms with Crippen molar-refractivity contribution in [3.8, 4) is 11.1 Å². The Morgan fingerprint density at radius 1 is 0.812 bits per heavy atom. The third-order valence-corrected chi connectivity index (χ3v) is 5.30. The number of nitrogens with zero attached hydrogens (tertiary/aromatic N) is 2. The van der Waals surface area contributed by atoms with Crippen LogP contribution in [0.5, 0.6) is 0 Å². The van der Waals surface area contributed by atoms with E-state index in [4.69, 9.17) is 23.4 Å². The lowest BCUT2D eigenvalue weighted by Crippen LogP contribution is -2.24. The maximum absolute atomic E-state index is 13.0. The van der Waals surface area contributed by atoms with E-state index in [9.17, 15) is 9.59 Å². The number of halogens is 2. The Hall–Kier alpha value is -3.67. The summed E-state index contributed by atoms with van der Waals surface area (Å²) in [5.41, 5.74) is 2.94. The van der Waals surface area contributed by atoms with Crippen LogP contribution in [0.4, 0.5) is 11.5 Å². The van der Waals surface area contributed by atoms with Crippen molar-refractivity contribution in [2.24, 2.45) is 0 Å². The van der Waals surface area contributed by atoms with E-state index >= 15 is 0 Å². The lowest BCUT2D eigenvalue weighted by Gasteiger charge is -2.16. The predicted molar refractivity (Wildman–Crippen MR) is 128 cm³/mol. The van der Waals surface area contributed by atoms with Crippen LogP contribution in [0.15, 0.2) is 97.2 Å². The van der Waals surface area contributed by atoms with Crippen LogP contribution in [0.25, 0.3) is 11.1 Å². The molecule has 0 radical (unpaired) electrons. The molecule has 158 valence electrons. The van der Waals surface area contributed by atoms with Crippen LogP contribution in [0.1, 0.15) is 20.7 Å². The first-order valence-electron chi connectivity index (χ1n) is 9.70. The van der Waals surface area contributed by atoms with Crippen molar-refractivity contribution >= 4 is 46.7 Å². The van der Waals surface area contributed by atoms with Crippen LogP contribution in [-0.4, -0.2) is 16.8 Å². The number of pyridine rings is 1. The van der Waals surface area contributed by atoms with E-state index in [0.29, 0.717) is 10.6 Å². The van der Waals surface area contributed by atoms with Crippen LogP contribution in [0, 0.1) is 0 Å². The summed E-state index contributed by atoms with van der Waals surface area (Å²) in [4.78, 5) is 29.9. The number of hydrogen-bond acceptors (Lipinski definition) is 3. The monoisotopic (exact) mass is 461 g/mol. The molecule has 1 heterocycles. The highest BCUT2D eigenvalue weighted by Crippen LogP contribution is 2.26. The molecule has 1 aromatic heterocycles. The Morgan fingerprint density at radius 2 is 1.50 bits per heavy atom. The van der Waals surface area contributed by atoms with Crippen molar-refractivity contribution in [3.63, 3.8) is 0 Å². The molecule has 0 spiro atoms. The molecule has 0 unspecified atom stereocenters. The average Bonchev–Trinajstić information content (AvgIpc) is 2.85. The SMILES string of the molecule is O=C(Nc1ccc(Cl)cc1C(=O)N(Cl)c1ccccn1)c1ccc(-c2ccccc2)cc1. The molecule has 2 amide bonds. The Bertz CT molecular complexity index is 1250. The minimum absolute atomic E-state index is 0.146. The number of rotatable bonds is 5. The second-order valence-corrected chi connectivity index (χ2v) is 7.64. The van der Waals surface area contributed by atoms with Gasteiger partial charge >= 0.3 is 0 Å². The number of carbonyl (C=O) groups excluding carboxylic acids is 2. The smallest absolute Gasteiger partial charge is 0.276 e. The van der Waals surface area contributed by atoms with E-state index in [1.807, 2.05) is 42.5 Å². The van der Waals surface area contributed by atoms with Crippen molar-refractivity contribution in [1.29, 1.82) is 0 Å². The number of carbonyl (C=O) groups is 2. The Morgan fingerprint density at radius 3 is 2.19 bits per heavy atom. The van der Waals surface area contributed by atoms with E-state index in [1.165, 1.54) is 12.3 Å². The van der Waals surface area contributed by atoms with Gasteiger partial charge in [0.05, 0.1) is 11.3 Å². The topological polar surface area (TPSA) is 62.3 Å². The van der Waals surface area contributed by atoms with Crippen molar-refractivity contribution < 1.29 is 9.59 Å². The fourth-order valence-corrected chi connectivity index (χ4v) is 3.48. The minimum Gasteiger partial charge on any atom is -0.321 e. The fourth-order valence-electron chi connectivity index (χ4n) is 3.12. The van der Waals surface area contributed by atoms with Gasteiger partial charge in [0.1, 0.15) is 0 Å². The van der Waals surface area contributed by atoms with Crippen molar-refractivity contribution in [1.82, 2.24) is 4.98 Å². The molecule has 0 fully saturated rings. The minimum atomic E-state index is -0.567. The van der Waals surface area contributed by atoms with E-state index in [2.05, 4.69) is 10.3 Å². The molecule has 7 heteroatoms. The molecular weight excluding hydrogens is 445 g/mol. The molecule has 1 N–H and O–H groups in total. The zero-order valence-corrected chi connectivity index (χ0v) is 18.2. The summed E-state index contributed by atoms with van der Waals surface area (Å²) in [6, 6.07) is 26.7. The first kappa shape index (κ1) is 21.6. The summed E-state index contributed by atoms with van der Waals surface area (Å²) in [5.74, 6) is -0.671. The second-order valence-electron chi connectivity index (χ2n) is 6.86. The third-order valence-electron chi connectivity index (χ3n) is 4.74. The van der Waals surface area contributed by atoms with Gasteiger partial charge in [0.25, 0.3) is 11.8 Å². The number of nitrogens with one attached hydrogen (secondary N) is 1. The highest BCUT2D eigenvalue weighted by atomic mass is 35.5. The van der Waals surface area contributed by atoms with Gasteiger partial charge in [-0.15, -0.1) is 0 Å². The molecule has 0 saturated carbocycles. The molecule has 4 rings (SSSR count). The van der Waals surface area contributed by atoms with Crippen LogP contribution in [0.2, 0.25) is 5.02 Å². The summed E-state index contributed by atoms with van der Waals surface area (Å²) in [6.45, 7) is 0. The van der Waals surface area contributed by atoms with Gasteiger partial charge in [-0.1, -0.05) is 60.1 Å². The van der Waals surface area contributed by atoms with Gasteiger partial charge in [0.2, 0.25) is 0 Å². The van der Waals surface area contributed by atoms with Crippen molar-refractivity contribution in [3.05, 3.63) is 113 Å². The molecule has 0 atom stereocenters. The van der Waals surface area contributed by atoms with Gasteiger partial charge in [0.15, 0.2) is 5.82 Å². The Labute approximate surface area is 195 Å². The first-order valence-corrected chi connectivity index (χ1v) is 10.4. The molecule has 0 aliphatic heterocycles. The summed E-state index contributed by atoms with van der Waals surface area (Å²) in [5, 5.41) is 3.11. The van der Waals surface area contributed by atoms with E-state index < -0.39 is 5.91 Å². The van der Waals surface area contributed by atoms with Gasteiger partial charge in [-0.3, -0.25) is 9.59 Å². The van der Waals surface area contributed by atoms with Gasteiger partial charge < -0.3 is 5.32 Å². The molecular formula is C25H17Cl2N3O2. The maximum Gasteiger partial charge on any atom is 0.276 e. The lowest BCUT2D eigenvalue weighted by molar-refractivity contribution is 0.101. The van der Waals surface area contributed by atoms with E-state index in [0.717, 1.165) is 15.5 Å². The molecule has 0 bridgehead atoms. The molecule has 0 aliphatic rings. The second kappa shape index (κ2) is 9.64. The average molecular weight is 462 g/mol. The number of benzene rings is 3. The highest BCUT2D eigenvalue weighted by Gasteiger charge is 2.22. The highest BCUT2D eigenvalue weighted by molar-refractivity contribution is 6.40. The standard InChI is InChI=1S/C25H17Cl2N3O2/c26-20-13-14-22(21(16-20)25(32)30(27)23-8-4-5-15-28-23)29-24(31)19-11-9-18(10-12-19)17-6-2-1-3-7-17/h1-16H,(H,29,31). The summed E-state index contributed by atoms with van der Waals surface area (Å²) < 4.78 is 0.885. The zero-order valence-electron chi connectivity index (χ0n) is 16.7. The van der Waals surface area contributed by atoms with Crippen LogP contribution < -0.4 is 9.74 Å². The molecule has 5 nitrogen and oxygen atoms in total. The first-order chi connectivity index (χ1) is 15.5. The lowest BCUT2D eigenvalue weighted by atomic mass is 10.0. The Balaban J connectivity index is 1.57. The molecule has 0 aliphatic carbocycles. The molecule has 3 aromatic carbocycles. The van der Waals surface area contributed by atoms with Crippen molar-refractivity contribution in [2.75, 3.05) is 9.74 Å². The Kier molecular flexibility index (Phi) is 6.50. The molecule has 4 aromatic rings. The zero-order chi connectivity index (χ0) is 22.5. The summed E-state index contributed by atoms with van der Waals surface area (Å²) >= 11 is 12.3. The van der Waals surface area contributed by atoms with Crippen LogP contribution >= 0.6 is 23.4 Å². The maximum atomic E-state index is 13.0. The number of hydrogen-bond donors (Lipinski definition) is 1. The quantitative estimate of drug-likeness (QED) is 0.347. The van der Waals surface area contributed by atoms with Crippen LogP contribution in [0.3, 0.4) is 0 Å². The van der Waals surface area contributed by atoms with Gasteiger partial charge in [0, 0.05) is 28.6 Å². The fraction of sp³-hybridized carbons (Fsp3) is 0. The largest absolute Gasteiger partial charge is 0.321 e. The summed E-state index contributed by atoms with van der Waals surface area (Å²) in [6.07, 6.45) is 1.53. The predicted octanol–water partition coefficient (Wildman–Crippen LogP) is 6.45. The number of amides is 2. The van der Waals surface area contributed by atoms with E-state index in [-0.39, 0.29) is 23.0 Å². The number of aromatic nitrogens is 1. The third kappa shape index (κ3) is 4.80. The van der Waals surface area contributed by atoms with Crippen LogP contribution in [-0.2, 0) is 0 Å². The van der Waals surface area contributed by atoms with Crippen molar-refractivity contribution in [2.45, 2.75) is 0 Å². The molecule has 32 heavy (non-hydrogen) atoms. The van der Waals surface area contributed by atoms with Gasteiger partial charge in [-0.2, -0.15) is 4.42 Å². The van der Waals surface area contributed by atoms with Gasteiger partial charge in [-0.25, -0.2) is 4.98 Å². The van der Waals surface area contributed by atoms with E-state index in [1.54, 1.807) is 42.5 Å². The molecule has 0 saturated heterocycles. The number of anilines is 2. The van der Waals surface area contributed by atoms with Gasteiger partial charge in [-0.05, 0) is 53.6 Å². The normalized spacial score (nSPS) is 10.4.